The Bertz CT molecular complexity index is 897. The highest BCUT2D eigenvalue weighted by Crippen LogP contribution is 2.31. The van der Waals surface area contributed by atoms with E-state index in [1.807, 2.05) is 0 Å². The Morgan fingerprint density at radius 1 is 0.871 bits per heavy atom. The number of H-pyrrole nitrogens is 1. The van der Waals surface area contributed by atoms with Crippen LogP contribution in [-0.4, -0.2) is 39.7 Å². The molecule has 0 aliphatic carbocycles. The Labute approximate surface area is 193 Å². The van der Waals surface area contributed by atoms with E-state index in [1.54, 1.807) is 4.52 Å². The van der Waals surface area contributed by atoms with Crippen LogP contribution in [-0.2, 0) is 21.7 Å². The molecule has 6 nitrogen and oxygen atoms in total. The van der Waals surface area contributed by atoms with E-state index in [2.05, 4.69) is 43.0 Å². The van der Waals surface area contributed by atoms with E-state index < -0.39 is 9.84 Å². The molecule has 0 aliphatic heterocycles. The highest BCUT2D eigenvalue weighted by molar-refractivity contribution is 7.91. The van der Waals surface area contributed by atoms with Gasteiger partial charge in [0.2, 0.25) is 0 Å². The number of sulfone groups is 1. The molecule has 0 unspecified atom stereocenters. The van der Waals surface area contributed by atoms with Gasteiger partial charge in [0, 0.05) is 11.8 Å². The van der Waals surface area contributed by atoms with E-state index in [9.17, 15) is 8.42 Å². The molecule has 2 rings (SSSR count). The summed E-state index contributed by atoms with van der Waals surface area (Å²) in [7, 11) is -3.02. The summed E-state index contributed by atoms with van der Waals surface area (Å²) in [5.74, 6) is 1.21. The van der Waals surface area contributed by atoms with Gasteiger partial charge in [0.1, 0.15) is 14.9 Å². The summed E-state index contributed by atoms with van der Waals surface area (Å²) in [6, 6.07) is 0. The predicted octanol–water partition coefficient (Wildman–Crippen LogP) is 6.28. The molecule has 2 aromatic rings. The number of rotatable bonds is 15. The summed E-state index contributed by atoms with van der Waals surface area (Å²) in [6.07, 6.45) is 13.2. The standard InChI is InChI=1S/C23H41ClN4O2S/c1-5-6-7-8-9-10-11-12-13-14-17-31(29,30)18-15-16-19-25-26-22-20(24)21(23(2,3)4)27-28(19)22/h27H,5-18H2,1-4H3. The summed E-state index contributed by atoms with van der Waals surface area (Å²) in [5.41, 5.74) is 1.39. The molecule has 31 heavy (non-hydrogen) atoms. The van der Waals surface area contributed by atoms with Crippen LogP contribution in [0, 0.1) is 0 Å². The number of nitrogens with one attached hydrogen (secondary N) is 1. The Hall–Kier alpha value is -1.08. The van der Waals surface area contributed by atoms with Crippen LogP contribution in [0.25, 0.3) is 5.65 Å². The average Bonchev–Trinajstić information content (AvgIpc) is 3.23. The van der Waals surface area contributed by atoms with Crippen LogP contribution in [0.4, 0.5) is 0 Å². The van der Waals surface area contributed by atoms with Crippen LogP contribution in [0.2, 0.25) is 5.02 Å². The molecule has 0 atom stereocenters. The largest absolute Gasteiger partial charge is 0.293 e. The zero-order valence-electron chi connectivity index (χ0n) is 19.8. The highest BCUT2D eigenvalue weighted by atomic mass is 35.5. The minimum atomic E-state index is -3.02. The smallest absolute Gasteiger partial charge is 0.196 e. The Kier molecular flexibility index (Phi) is 10.3. The van der Waals surface area contributed by atoms with Gasteiger partial charge in [-0.05, 0) is 12.8 Å². The van der Waals surface area contributed by atoms with Crippen molar-refractivity contribution in [2.75, 3.05) is 11.5 Å². The first-order chi connectivity index (χ1) is 14.7. The average molecular weight is 473 g/mol. The zero-order valence-corrected chi connectivity index (χ0v) is 21.4. The maximum atomic E-state index is 12.4. The molecule has 8 heteroatoms. The lowest BCUT2D eigenvalue weighted by molar-refractivity contribution is 0.556. The van der Waals surface area contributed by atoms with Gasteiger partial charge in [-0.15, -0.1) is 10.2 Å². The van der Waals surface area contributed by atoms with Gasteiger partial charge in [-0.2, -0.15) is 0 Å². The third-order valence-electron chi connectivity index (χ3n) is 5.78. The fraction of sp³-hybridized carbons (Fsp3) is 0.826. The lowest BCUT2D eigenvalue weighted by Gasteiger charge is -2.16. The number of nitrogens with zero attached hydrogens (tertiary/aromatic N) is 3. The molecule has 0 aliphatic rings. The van der Waals surface area contributed by atoms with Crippen molar-refractivity contribution in [2.45, 2.75) is 110 Å². The Morgan fingerprint density at radius 2 is 1.42 bits per heavy atom. The second-order valence-electron chi connectivity index (χ2n) is 9.76. The van der Waals surface area contributed by atoms with Crippen molar-refractivity contribution in [1.82, 2.24) is 19.8 Å². The number of hydrogen-bond donors (Lipinski definition) is 1. The number of hydrogen-bond acceptors (Lipinski definition) is 4. The van der Waals surface area contributed by atoms with Gasteiger partial charge in [0.15, 0.2) is 11.5 Å². The minimum absolute atomic E-state index is 0.132. The maximum Gasteiger partial charge on any atom is 0.196 e. The molecule has 0 spiro atoms. The predicted molar refractivity (Wildman–Crippen MR) is 130 cm³/mol. The summed E-state index contributed by atoms with van der Waals surface area (Å²) >= 11 is 6.44. The molecule has 0 saturated carbocycles. The van der Waals surface area contributed by atoms with Crippen molar-refractivity contribution in [1.29, 1.82) is 0 Å². The third-order valence-corrected chi connectivity index (χ3v) is 7.96. The SMILES string of the molecule is CCCCCCCCCCCCS(=O)(=O)CCCc1nnc2c(Cl)c(C(C)(C)C)[nH]n12. The first-order valence-corrected chi connectivity index (χ1v) is 14.2. The Morgan fingerprint density at radius 3 is 2.00 bits per heavy atom. The van der Waals surface area contributed by atoms with E-state index in [0.29, 0.717) is 29.3 Å². The van der Waals surface area contributed by atoms with Crippen molar-refractivity contribution in [3.8, 4) is 0 Å². The number of aromatic nitrogens is 4. The highest BCUT2D eigenvalue weighted by Gasteiger charge is 2.24. The molecule has 0 fully saturated rings. The number of fused-ring (bicyclic) bond motifs is 1. The Balaban J connectivity index is 1.67. The van der Waals surface area contributed by atoms with E-state index >= 15 is 0 Å². The van der Waals surface area contributed by atoms with Gasteiger partial charge in [-0.3, -0.25) is 5.10 Å². The molecule has 1 N–H and O–H groups in total. The summed E-state index contributed by atoms with van der Waals surface area (Å²) < 4.78 is 26.5. The fourth-order valence-corrected chi connectivity index (χ4v) is 5.75. The quantitative estimate of drug-likeness (QED) is 0.309. The molecule has 0 radical (unpaired) electrons. The maximum absolute atomic E-state index is 12.4. The van der Waals surface area contributed by atoms with Crippen LogP contribution in [0.15, 0.2) is 0 Å². The van der Waals surface area contributed by atoms with Crippen molar-refractivity contribution < 1.29 is 8.42 Å². The van der Waals surface area contributed by atoms with Crippen LogP contribution >= 0.6 is 11.6 Å². The third kappa shape index (κ3) is 8.41. The van der Waals surface area contributed by atoms with Gasteiger partial charge >= 0.3 is 0 Å². The van der Waals surface area contributed by atoms with E-state index in [0.717, 1.165) is 30.8 Å². The molecular formula is C23H41ClN4O2S. The van der Waals surface area contributed by atoms with Gasteiger partial charge < -0.3 is 0 Å². The van der Waals surface area contributed by atoms with E-state index in [4.69, 9.17) is 11.6 Å². The van der Waals surface area contributed by atoms with Crippen molar-refractivity contribution >= 4 is 27.1 Å². The van der Waals surface area contributed by atoms with Crippen LogP contribution in [0.1, 0.15) is 110 Å². The lowest BCUT2D eigenvalue weighted by Crippen LogP contribution is -2.14. The topological polar surface area (TPSA) is 80.1 Å². The molecule has 0 aromatic carbocycles. The lowest BCUT2D eigenvalue weighted by atomic mass is 9.92. The molecule has 0 saturated heterocycles. The summed E-state index contributed by atoms with van der Waals surface area (Å²) in [4.78, 5) is 0. The molecule has 0 bridgehead atoms. The normalized spacial score (nSPS) is 12.8. The zero-order chi connectivity index (χ0) is 22.9. The van der Waals surface area contributed by atoms with E-state index in [1.165, 1.54) is 44.9 Å². The monoisotopic (exact) mass is 472 g/mol. The fourth-order valence-electron chi connectivity index (χ4n) is 3.87. The van der Waals surface area contributed by atoms with Crippen molar-refractivity contribution in [3.63, 3.8) is 0 Å². The van der Waals surface area contributed by atoms with Gasteiger partial charge in [0.05, 0.1) is 17.2 Å². The minimum Gasteiger partial charge on any atom is -0.293 e. The number of aryl methyl sites for hydroxylation is 1. The van der Waals surface area contributed by atoms with Crippen molar-refractivity contribution in [2.24, 2.45) is 0 Å². The molecular weight excluding hydrogens is 432 g/mol. The first-order valence-electron chi connectivity index (χ1n) is 12.0. The van der Waals surface area contributed by atoms with Crippen LogP contribution < -0.4 is 0 Å². The van der Waals surface area contributed by atoms with Crippen molar-refractivity contribution in [3.05, 3.63) is 16.5 Å². The molecule has 2 heterocycles. The van der Waals surface area contributed by atoms with Gasteiger partial charge in [0.25, 0.3) is 0 Å². The summed E-state index contributed by atoms with van der Waals surface area (Å²) in [6.45, 7) is 8.48. The molecule has 178 valence electrons. The molecule has 0 amide bonds. The van der Waals surface area contributed by atoms with Crippen LogP contribution in [0.5, 0.6) is 0 Å². The second kappa shape index (κ2) is 12.2. The van der Waals surface area contributed by atoms with Gasteiger partial charge in [-0.25, -0.2) is 12.9 Å². The van der Waals surface area contributed by atoms with E-state index in [-0.39, 0.29) is 11.2 Å². The molecule has 2 aromatic heterocycles. The van der Waals surface area contributed by atoms with Crippen LogP contribution in [0.3, 0.4) is 0 Å². The summed E-state index contributed by atoms with van der Waals surface area (Å²) in [5, 5.41) is 12.2. The number of aromatic amines is 1. The number of halogens is 1. The van der Waals surface area contributed by atoms with Gasteiger partial charge in [-0.1, -0.05) is 97.1 Å². The second-order valence-corrected chi connectivity index (χ2v) is 12.4. The number of unbranched alkanes of at least 4 members (excludes halogenated alkanes) is 9. The first kappa shape index (κ1) is 26.2.